The summed E-state index contributed by atoms with van der Waals surface area (Å²) in [4.78, 5) is 38.5. The fourth-order valence-electron chi connectivity index (χ4n) is 3.44. The number of hydrogen-bond acceptors (Lipinski definition) is 8. The van der Waals surface area contributed by atoms with Gasteiger partial charge in [-0.1, -0.05) is 30.9 Å². The van der Waals surface area contributed by atoms with Gasteiger partial charge in [0.15, 0.2) is 5.41 Å². The van der Waals surface area contributed by atoms with Crippen molar-refractivity contribution in [2.24, 2.45) is 5.73 Å². The molecule has 0 amide bonds. The Bertz CT molecular complexity index is 930. The first-order valence-corrected chi connectivity index (χ1v) is 8.06. The molecular formula is C19H18N2O6. The fourth-order valence-corrected chi connectivity index (χ4v) is 3.44. The highest BCUT2D eigenvalue weighted by Crippen LogP contribution is 2.52. The standard InChI is InChI=1S/C19H18N2O6/c1-4-9-26-17(23)13-10(2)27-18(24)19(13)11-7-5-6-8-12(11)21-15(20)14(19)16(22)25-3/h4-8,21H,1,9,20H2,2-3H3/t19-/m1/s1. The molecule has 0 saturated carbocycles. The second-order valence-corrected chi connectivity index (χ2v) is 5.91. The van der Waals surface area contributed by atoms with E-state index >= 15 is 0 Å². The summed E-state index contributed by atoms with van der Waals surface area (Å²) >= 11 is 0. The molecule has 0 saturated heterocycles. The van der Waals surface area contributed by atoms with Crippen LogP contribution >= 0.6 is 0 Å². The second-order valence-electron chi connectivity index (χ2n) is 5.91. The molecule has 3 N–H and O–H groups in total. The normalized spacial score (nSPS) is 20.7. The summed E-state index contributed by atoms with van der Waals surface area (Å²) in [6.45, 7) is 4.87. The van der Waals surface area contributed by atoms with E-state index in [4.69, 9.17) is 19.9 Å². The summed E-state index contributed by atoms with van der Waals surface area (Å²) in [7, 11) is 1.16. The zero-order chi connectivity index (χ0) is 19.8. The lowest BCUT2D eigenvalue weighted by Gasteiger charge is -2.35. The maximum atomic E-state index is 13.1. The van der Waals surface area contributed by atoms with Gasteiger partial charge >= 0.3 is 17.9 Å². The van der Waals surface area contributed by atoms with Crippen LogP contribution in [-0.2, 0) is 34.0 Å². The molecule has 1 aromatic rings. The van der Waals surface area contributed by atoms with Gasteiger partial charge in [0, 0.05) is 11.3 Å². The third-order valence-corrected chi connectivity index (χ3v) is 4.45. The number of rotatable bonds is 4. The molecule has 8 heteroatoms. The molecule has 0 aliphatic carbocycles. The minimum atomic E-state index is -1.89. The van der Waals surface area contributed by atoms with Gasteiger partial charge in [-0.25, -0.2) is 14.4 Å². The number of ether oxygens (including phenoxy) is 3. The van der Waals surface area contributed by atoms with Crippen molar-refractivity contribution in [2.45, 2.75) is 12.3 Å². The Kier molecular flexibility index (Phi) is 4.49. The topological polar surface area (TPSA) is 117 Å². The Balaban J connectivity index is 2.36. The molecular weight excluding hydrogens is 352 g/mol. The van der Waals surface area contributed by atoms with E-state index in [-0.39, 0.29) is 29.3 Å². The Hall–Kier alpha value is -3.55. The van der Waals surface area contributed by atoms with Gasteiger partial charge in [0.25, 0.3) is 0 Å². The first-order valence-electron chi connectivity index (χ1n) is 8.06. The molecule has 2 aliphatic heterocycles. The van der Waals surface area contributed by atoms with E-state index in [1.54, 1.807) is 24.3 Å². The molecule has 8 nitrogen and oxygen atoms in total. The lowest BCUT2D eigenvalue weighted by atomic mass is 9.67. The zero-order valence-corrected chi connectivity index (χ0v) is 14.8. The maximum absolute atomic E-state index is 13.1. The molecule has 0 radical (unpaired) electrons. The average molecular weight is 370 g/mol. The maximum Gasteiger partial charge on any atom is 0.339 e. The first-order chi connectivity index (χ1) is 12.9. The molecule has 0 fully saturated rings. The lowest BCUT2D eigenvalue weighted by Crippen LogP contribution is -2.47. The minimum absolute atomic E-state index is 0.0277. The Morgan fingerprint density at radius 1 is 1.30 bits per heavy atom. The van der Waals surface area contributed by atoms with E-state index in [0.717, 1.165) is 7.11 Å². The van der Waals surface area contributed by atoms with Crippen LogP contribution in [0.25, 0.3) is 0 Å². The van der Waals surface area contributed by atoms with Crippen molar-refractivity contribution >= 4 is 23.6 Å². The molecule has 1 spiro atoms. The van der Waals surface area contributed by atoms with Gasteiger partial charge in [0.2, 0.25) is 0 Å². The SMILES string of the molecule is C=CCOC(=O)C1=C(C)OC(=O)[C@@]12C(C(=O)OC)=C(N)Nc1ccccc12. The number of methoxy groups -OCH3 is 1. The number of carbonyl (C=O) groups excluding carboxylic acids is 3. The van der Waals surface area contributed by atoms with E-state index < -0.39 is 23.3 Å². The summed E-state index contributed by atoms with van der Waals surface area (Å²) < 4.78 is 15.3. The van der Waals surface area contributed by atoms with Gasteiger partial charge in [0.1, 0.15) is 29.3 Å². The Morgan fingerprint density at radius 3 is 2.67 bits per heavy atom. The number of anilines is 1. The molecule has 1 atom stereocenters. The van der Waals surface area contributed by atoms with E-state index in [9.17, 15) is 14.4 Å². The van der Waals surface area contributed by atoms with E-state index in [2.05, 4.69) is 11.9 Å². The molecule has 1 aromatic carbocycles. The number of nitrogens with two attached hydrogens (primary N) is 1. The Morgan fingerprint density at radius 2 is 2.00 bits per heavy atom. The van der Waals surface area contributed by atoms with E-state index in [1.165, 1.54) is 13.0 Å². The first kappa shape index (κ1) is 18.2. The van der Waals surface area contributed by atoms with Crippen LogP contribution in [0.5, 0.6) is 0 Å². The zero-order valence-electron chi connectivity index (χ0n) is 14.8. The highest BCUT2D eigenvalue weighted by atomic mass is 16.6. The third-order valence-electron chi connectivity index (χ3n) is 4.45. The summed E-state index contributed by atoms with van der Waals surface area (Å²) in [5.74, 6) is -2.59. The molecule has 2 heterocycles. The van der Waals surface area contributed by atoms with Gasteiger partial charge in [-0.2, -0.15) is 0 Å². The number of fused-ring (bicyclic) bond motifs is 2. The van der Waals surface area contributed by atoms with Crippen molar-refractivity contribution in [1.82, 2.24) is 0 Å². The second kappa shape index (κ2) is 6.64. The van der Waals surface area contributed by atoms with Crippen molar-refractivity contribution in [3.8, 4) is 0 Å². The molecule has 27 heavy (non-hydrogen) atoms. The van der Waals surface area contributed by atoms with Crippen molar-refractivity contribution in [3.05, 3.63) is 65.2 Å². The van der Waals surface area contributed by atoms with Crippen molar-refractivity contribution in [3.63, 3.8) is 0 Å². The van der Waals surface area contributed by atoms with E-state index in [0.29, 0.717) is 11.3 Å². The van der Waals surface area contributed by atoms with Crippen molar-refractivity contribution in [2.75, 3.05) is 19.0 Å². The highest BCUT2D eigenvalue weighted by molar-refractivity contribution is 6.15. The summed E-state index contributed by atoms with van der Waals surface area (Å²) in [6.07, 6.45) is 1.39. The predicted molar refractivity (Wildman–Crippen MR) is 94.9 cm³/mol. The van der Waals surface area contributed by atoms with Gasteiger partial charge in [-0.05, 0) is 13.0 Å². The summed E-state index contributed by atoms with van der Waals surface area (Å²) in [6, 6.07) is 6.68. The molecule has 140 valence electrons. The predicted octanol–water partition coefficient (Wildman–Crippen LogP) is 1.25. The monoisotopic (exact) mass is 370 g/mol. The quantitative estimate of drug-likeness (QED) is 0.462. The van der Waals surface area contributed by atoms with Crippen LogP contribution in [0.1, 0.15) is 12.5 Å². The van der Waals surface area contributed by atoms with Gasteiger partial charge < -0.3 is 25.3 Å². The number of para-hydroxylation sites is 1. The smallest absolute Gasteiger partial charge is 0.339 e. The van der Waals surface area contributed by atoms with Gasteiger partial charge in [-0.3, -0.25) is 0 Å². The lowest BCUT2D eigenvalue weighted by molar-refractivity contribution is -0.146. The van der Waals surface area contributed by atoms with Crippen LogP contribution in [0.4, 0.5) is 5.69 Å². The van der Waals surface area contributed by atoms with Crippen molar-refractivity contribution < 1.29 is 28.6 Å². The molecule has 3 rings (SSSR count). The fraction of sp³-hybridized carbons (Fsp3) is 0.211. The molecule has 0 aromatic heterocycles. The van der Waals surface area contributed by atoms with Crippen LogP contribution in [0.2, 0.25) is 0 Å². The van der Waals surface area contributed by atoms with Crippen LogP contribution < -0.4 is 11.1 Å². The number of cyclic esters (lactones) is 1. The van der Waals surface area contributed by atoms with Crippen LogP contribution in [0, 0.1) is 0 Å². The summed E-state index contributed by atoms with van der Waals surface area (Å²) in [5, 5.41) is 2.87. The number of carbonyl (C=O) groups is 3. The molecule has 0 bridgehead atoms. The van der Waals surface area contributed by atoms with Crippen molar-refractivity contribution in [1.29, 1.82) is 0 Å². The minimum Gasteiger partial charge on any atom is -0.466 e. The molecule has 0 unspecified atom stereocenters. The Labute approximate surface area is 155 Å². The van der Waals surface area contributed by atoms with Crippen LogP contribution in [-0.4, -0.2) is 31.6 Å². The van der Waals surface area contributed by atoms with Gasteiger partial charge in [0.05, 0.1) is 7.11 Å². The highest BCUT2D eigenvalue weighted by Gasteiger charge is 2.62. The average Bonchev–Trinajstić information content (AvgIpc) is 2.90. The summed E-state index contributed by atoms with van der Waals surface area (Å²) in [5.41, 5.74) is 4.63. The number of nitrogens with one attached hydrogen (secondary N) is 1. The van der Waals surface area contributed by atoms with Crippen LogP contribution in [0.15, 0.2) is 59.6 Å². The third kappa shape index (κ3) is 2.49. The number of esters is 3. The van der Waals surface area contributed by atoms with E-state index in [1.807, 2.05) is 0 Å². The molecule has 2 aliphatic rings. The van der Waals surface area contributed by atoms with Gasteiger partial charge in [-0.15, -0.1) is 0 Å². The number of hydrogen-bond donors (Lipinski definition) is 2. The number of benzene rings is 1. The van der Waals surface area contributed by atoms with Crippen LogP contribution in [0.3, 0.4) is 0 Å². The largest absolute Gasteiger partial charge is 0.466 e. The number of allylic oxidation sites excluding steroid dienone is 1.